The Labute approximate surface area is 105 Å². The monoisotopic (exact) mass is 254 g/mol. The first kappa shape index (κ1) is 12.4. The minimum absolute atomic E-state index is 0.00723. The van der Waals surface area contributed by atoms with Crippen LogP contribution in [0.15, 0.2) is 0 Å². The van der Waals surface area contributed by atoms with E-state index in [9.17, 15) is 4.79 Å². The summed E-state index contributed by atoms with van der Waals surface area (Å²) < 4.78 is 0. The van der Waals surface area contributed by atoms with Crippen molar-refractivity contribution in [1.82, 2.24) is 15.1 Å². The first-order valence-corrected chi connectivity index (χ1v) is 6.90. The second-order valence-electron chi connectivity index (χ2n) is 4.23. The van der Waals surface area contributed by atoms with E-state index in [-0.39, 0.29) is 5.91 Å². The van der Waals surface area contributed by atoms with Gasteiger partial charge in [0.2, 0.25) is 11.0 Å². The molecule has 1 heterocycles. The van der Waals surface area contributed by atoms with E-state index in [1.807, 2.05) is 13.8 Å². The first-order valence-electron chi connectivity index (χ1n) is 6.08. The average molecular weight is 254 g/mol. The number of rotatable bonds is 6. The van der Waals surface area contributed by atoms with Crippen molar-refractivity contribution in [1.29, 1.82) is 0 Å². The molecule has 1 N–H and O–H groups in total. The smallest absolute Gasteiger partial charge is 0.240 e. The predicted molar refractivity (Wildman–Crippen MR) is 68.3 cm³/mol. The van der Waals surface area contributed by atoms with Gasteiger partial charge in [0.15, 0.2) is 0 Å². The van der Waals surface area contributed by atoms with Gasteiger partial charge in [-0.25, -0.2) is 0 Å². The number of hydrogen-bond acceptors (Lipinski definition) is 5. The molecule has 1 aliphatic rings. The van der Waals surface area contributed by atoms with E-state index >= 15 is 0 Å². The summed E-state index contributed by atoms with van der Waals surface area (Å²) in [6, 6.07) is 0. The van der Waals surface area contributed by atoms with Crippen LogP contribution in [-0.2, 0) is 4.79 Å². The highest BCUT2D eigenvalue weighted by atomic mass is 32.1. The molecule has 0 unspecified atom stereocenters. The summed E-state index contributed by atoms with van der Waals surface area (Å²) in [6.07, 6.45) is 2.42. The molecule has 5 nitrogen and oxygen atoms in total. The normalized spacial score (nSPS) is 15.2. The van der Waals surface area contributed by atoms with Crippen molar-refractivity contribution in [2.75, 3.05) is 25.0 Å². The molecule has 1 fully saturated rings. The Bertz CT molecular complexity index is 385. The third-order valence-electron chi connectivity index (χ3n) is 2.88. The maximum Gasteiger partial charge on any atom is 0.240 e. The summed E-state index contributed by atoms with van der Waals surface area (Å²) in [5.41, 5.74) is 0. The molecule has 1 amide bonds. The summed E-state index contributed by atoms with van der Waals surface area (Å²) in [5, 5.41) is 12.6. The van der Waals surface area contributed by atoms with Crippen LogP contribution < -0.4 is 5.32 Å². The maximum absolute atomic E-state index is 11.7. The van der Waals surface area contributed by atoms with Crippen molar-refractivity contribution >= 4 is 22.4 Å². The van der Waals surface area contributed by atoms with Crippen LogP contribution in [-0.4, -0.2) is 40.6 Å². The summed E-state index contributed by atoms with van der Waals surface area (Å²) >= 11 is 1.50. The van der Waals surface area contributed by atoms with Crippen molar-refractivity contribution < 1.29 is 4.79 Å². The van der Waals surface area contributed by atoms with E-state index < -0.39 is 0 Å². The van der Waals surface area contributed by atoms with E-state index in [1.165, 1.54) is 24.2 Å². The van der Waals surface area contributed by atoms with Crippen molar-refractivity contribution in [2.45, 2.75) is 32.6 Å². The SMILES string of the molecule is CCN(CC)CC(=O)Nc1nnc(C2CC2)s1. The van der Waals surface area contributed by atoms with E-state index in [0.29, 0.717) is 17.6 Å². The van der Waals surface area contributed by atoms with E-state index in [4.69, 9.17) is 0 Å². The quantitative estimate of drug-likeness (QED) is 0.839. The summed E-state index contributed by atoms with van der Waals surface area (Å²) in [5.74, 6) is 0.591. The summed E-state index contributed by atoms with van der Waals surface area (Å²) in [6.45, 7) is 6.28. The lowest BCUT2D eigenvalue weighted by Crippen LogP contribution is -2.32. The Morgan fingerprint density at radius 2 is 2.12 bits per heavy atom. The van der Waals surface area contributed by atoms with Crippen molar-refractivity contribution in [3.63, 3.8) is 0 Å². The molecule has 1 aromatic rings. The van der Waals surface area contributed by atoms with Gasteiger partial charge < -0.3 is 0 Å². The van der Waals surface area contributed by atoms with Gasteiger partial charge in [0.25, 0.3) is 0 Å². The Morgan fingerprint density at radius 1 is 1.41 bits per heavy atom. The lowest BCUT2D eigenvalue weighted by Gasteiger charge is -2.16. The van der Waals surface area contributed by atoms with Crippen LogP contribution in [0.3, 0.4) is 0 Å². The molecule has 0 radical (unpaired) electrons. The molecule has 17 heavy (non-hydrogen) atoms. The molecule has 2 rings (SSSR count). The van der Waals surface area contributed by atoms with Crippen LogP contribution in [0.5, 0.6) is 0 Å². The van der Waals surface area contributed by atoms with E-state index in [2.05, 4.69) is 20.4 Å². The summed E-state index contributed by atoms with van der Waals surface area (Å²) in [4.78, 5) is 13.8. The number of amides is 1. The molecular formula is C11H18N4OS. The van der Waals surface area contributed by atoms with Crippen molar-refractivity contribution in [2.24, 2.45) is 0 Å². The van der Waals surface area contributed by atoms with Crippen LogP contribution >= 0.6 is 11.3 Å². The van der Waals surface area contributed by atoms with Crippen molar-refractivity contribution in [3.8, 4) is 0 Å². The lowest BCUT2D eigenvalue weighted by atomic mass is 10.4. The maximum atomic E-state index is 11.7. The Kier molecular flexibility index (Phi) is 4.06. The number of nitrogens with one attached hydrogen (secondary N) is 1. The third kappa shape index (κ3) is 3.47. The van der Waals surface area contributed by atoms with Crippen LogP contribution in [0.4, 0.5) is 5.13 Å². The molecule has 1 saturated carbocycles. The van der Waals surface area contributed by atoms with Gasteiger partial charge in [0.05, 0.1) is 6.54 Å². The molecule has 0 spiro atoms. The minimum atomic E-state index is -0.00723. The van der Waals surface area contributed by atoms with Crippen molar-refractivity contribution in [3.05, 3.63) is 5.01 Å². The second-order valence-corrected chi connectivity index (χ2v) is 5.24. The molecule has 6 heteroatoms. The predicted octanol–water partition coefficient (Wildman–Crippen LogP) is 1.70. The number of aromatic nitrogens is 2. The van der Waals surface area contributed by atoms with Crippen LogP contribution in [0, 0.1) is 0 Å². The first-order chi connectivity index (χ1) is 8.22. The van der Waals surface area contributed by atoms with Gasteiger partial charge in [-0.1, -0.05) is 25.2 Å². The zero-order chi connectivity index (χ0) is 12.3. The number of carbonyl (C=O) groups excluding carboxylic acids is 1. The highest BCUT2D eigenvalue weighted by Gasteiger charge is 2.27. The Morgan fingerprint density at radius 3 is 2.71 bits per heavy atom. The number of hydrogen-bond donors (Lipinski definition) is 1. The zero-order valence-electron chi connectivity index (χ0n) is 10.3. The fourth-order valence-corrected chi connectivity index (χ4v) is 2.52. The largest absolute Gasteiger partial charge is 0.299 e. The van der Waals surface area contributed by atoms with Gasteiger partial charge in [-0.05, 0) is 25.9 Å². The highest BCUT2D eigenvalue weighted by molar-refractivity contribution is 7.15. The van der Waals surface area contributed by atoms with Gasteiger partial charge in [0, 0.05) is 5.92 Å². The number of anilines is 1. The number of nitrogens with zero attached hydrogens (tertiary/aromatic N) is 3. The Balaban J connectivity index is 1.84. The molecular weight excluding hydrogens is 236 g/mol. The molecule has 0 atom stereocenters. The van der Waals surface area contributed by atoms with Gasteiger partial charge in [-0.15, -0.1) is 10.2 Å². The molecule has 0 saturated heterocycles. The van der Waals surface area contributed by atoms with Gasteiger partial charge >= 0.3 is 0 Å². The minimum Gasteiger partial charge on any atom is -0.299 e. The molecule has 1 aliphatic carbocycles. The van der Waals surface area contributed by atoms with E-state index in [0.717, 1.165) is 18.1 Å². The second kappa shape index (κ2) is 5.55. The third-order valence-corrected chi connectivity index (χ3v) is 3.88. The van der Waals surface area contributed by atoms with Crippen LogP contribution in [0.2, 0.25) is 0 Å². The van der Waals surface area contributed by atoms with Gasteiger partial charge in [-0.3, -0.25) is 15.0 Å². The standard InChI is InChI=1S/C11H18N4OS/c1-3-15(4-2)7-9(16)12-11-14-13-10(17-11)8-5-6-8/h8H,3-7H2,1-2H3,(H,12,14,16). The van der Waals surface area contributed by atoms with Crippen LogP contribution in [0.1, 0.15) is 37.6 Å². The lowest BCUT2D eigenvalue weighted by molar-refractivity contribution is -0.117. The fraction of sp³-hybridized carbons (Fsp3) is 0.727. The molecule has 94 valence electrons. The number of carbonyl (C=O) groups is 1. The topological polar surface area (TPSA) is 58.1 Å². The highest BCUT2D eigenvalue weighted by Crippen LogP contribution is 2.41. The Hall–Kier alpha value is -1.01. The molecule has 0 bridgehead atoms. The molecule has 0 aliphatic heterocycles. The van der Waals surface area contributed by atoms with Gasteiger partial charge in [-0.2, -0.15) is 0 Å². The van der Waals surface area contributed by atoms with Gasteiger partial charge in [0.1, 0.15) is 5.01 Å². The van der Waals surface area contributed by atoms with Crippen LogP contribution in [0.25, 0.3) is 0 Å². The van der Waals surface area contributed by atoms with E-state index in [1.54, 1.807) is 0 Å². The summed E-state index contributed by atoms with van der Waals surface area (Å²) in [7, 11) is 0. The zero-order valence-corrected chi connectivity index (χ0v) is 11.1. The fourth-order valence-electron chi connectivity index (χ4n) is 1.59. The molecule has 0 aromatic carbocycles. The number of likely N-dealkylation sites (N-methyl/N-ethyl adjacent to an activating group) is 1. The molecule has 1 aromatic heterocycles. The average Bonchev–Trinajstić information content (AvgIpc) is 3.08.